The molecular weight excluding hydrogens is 430 g/mol. The van der Waals surface area contributed by atoms with Crippen molar-refractivity contribution in [3.05, 3.63) is 50.6 Å². The Bertz CT molecular complexity index is 1150. The van der Waals surface area contributed by atoms with Crippen LogP contribution >= 0.6 is 23.1 Å². The molecule has 0 saturated carbocycles. The van der Waals surface area contributed by atoms with Gasteiger partial charge in [-0.05, 0) is 50.9 Å². The number of esters is 1. The summed E-state index contributed by atoms with van der Waals surface area (Å²) in [5, 5.41) is 1.50. The summed E-state index contributed by atoms with van der Waals surface area (Å²) in [4.78, 5) is 34.4. The second-order valence-electron chi connectivity index (χ2n) is 7.92. The van der Waals surface area contributed by atoms with Gasteiger partial charge in [-0.2, -0.15) is 0 Å². The Labute approximate surface area is 190 Å². The molecule has 6 nitrogen and oxygen atoms in total. The third-order valence-corrected chi connectivity index (χ3v) is 7.70. The maximum atomic E-state index is 13.7. The molecule has 3 aromatic rings. The normalized spacial score (nSPS) is 14.0. The van der Waals surface area contributed by atoms with Gasteiger partial charge in [0, 0.05) is 30.1 Å². The summed E-state index contributed by atoms with van der Waals surface area (Å²) in [5.41, 5.74) is 3.19. The predicted octanol–water partition coefficient (Wildman–Crippen LogP) is 4.18. The highest BCUT2D eigenvalue weighted by molar-refractivity contribution is 7.99. The van der Waals surface area contributed by atoms with Crippen molar-refractivity contribution in [3.8, 4) is 5.69 Å². The van der Waals surface area contributed by atoms with Crippen LogP contribution in [0.2, 0.25) is 0 Å². The number of methoxy groups -OCH3 is 1. The average Bonchev–Trinajstić information content (AvgIpc) is 3.11. The van der Waals surface area contributed by atoms with Crippen LogP contribution in [0.5, 0.6) is 0 Å². The Morgan fingerprint density at radius 1 is 1.26 bits per heavy atom. The number of carbonyl (C=O) groups excluding carboxylic acids is 1. The van der Waals surface area contributed by atoms with Crippen LogP contribution in [0.25, 0.3) is 15.9 Å². The molecular formula is C23H27N3O3S2. The number of thiophene rings is 1. The van der Waals surface area contributed by atoms with Gasteiger partial charge in [0.2, 0.25) is 0 Å². The van der Waals surface area contributed by atoms with Crippen molar-refractivity contribution in [2.24, 2.45) is 0 Å². The van der Waals surface area contributed by atoms with Crippen molar-refractivity contribution < 1.29 is 9.53 Å². The second-order valence-corrected chi connectivity index (χ2v) is 10.1. The lowest BCUT2D eigenvalue weighted by Crippen LogP contribution is -2.27. The molecule has 0 spiro atoms. The number of thioether (sulfide) groups is 1. The Kier molecular flexibility index (Phi) is 6.79. The number of aromatic nitrogens is 2. The van der Waals surface area contributed by atoms with E-state index in [1.807, 2.05) is 31.2 Å². The van der Waals surface area contributed by atoms with Gasteiger partial charge in [-0.15, -0.1) is 11.3 Å². The van der Waals surface area contributed by atoms with Crippen LogP contribution in [0.1, 0.15) is 35.3 Å². The fourth-order valence-electron chi connectivity index (χ4n) is 3.81. The first-order valence-electron chi connectivity index (χ1n) is 10.5. The van der Waals surface area contributed by atoms with E-state index < -0.39 is 0 Å². The van der Waals surface area contributed by atoms with Crippen molar-refractivity contribution in [2.75, 3.05) is 26.5 Å². The summed E-state index contributed by atoms with van der Waals surface area (Å²) in [6.07, 6.45) is 2.92. The van der Waals surface area contributed by atoms with E-state index in [1.54, 1.807) is 27.7 Å². The molecule has 0 unspecified atom stereocenters. The first-order valence-corrected chi connectivity index (χ1v) is 12.3. The van der Waals surface area contributed by atoms with Gasteiger partial charge in [-0.25, -0.2) is 4.98 Å². The van der Waals surface area contributed by atoms with Crippen molar-refractivity contribution in [3.63, 3.8) is 0 Å². The highest BCUT2D eigenvalue weighted by Gasteiger charge is 2.24. The lowest BCUT2D eigenvalue weighted by atomic mass is 10.1. The highest BCUT2D eigenvalue weighted by Crippen LogP contribution is 2.34. The zero-order valence-electron chi connectivity index (χ0n) is 18.1. The van der Waals surface area contributed by atoms with Crippen LogP contribution in [0, 0.1) is 6.92 Å². The van der Waals surface area contributed by atoms with E-state index in [4.69, 9.17) is 9.72 Å². The monoisotopic (exact) mass is 457 g/mol. The van der Waals surface area contributed by atoms with Crippen molar-refractivity contribution in [2.45, 2.75) is 44.3 Å². The van der Waals surface area contributed by atoms with Crippen LogP contribution in [-0.4, -0.2) is 46.9 Å². The number of aryl methyl sites for hydroxylation is 1. The van der Waals surface area contributed by atoms with E-state index in [9.17, 15) is 9.59 Å². The van der Waals surface area contributed by atoms with Crippen LogP contribution in [0.4, 0.5) is 0 Å². The van der Waals surface area contributed by atoms with E-state index in [2.05, 4.69) is 11.9 Å². The molecule has 0 aliphatic carbocycles. The number of ether oxygens (including phenoxy) is 1. The van der Waals surface area contributed by atoms with E-state index in [-0.39, 0.29) is 11.5 Å². The van der Waals surface area contributed by atoms with Crippen molar-refractivity contribution in [1.82, 2.24) is 14.5 Å². The molecule has 1 aliphatic heterocycles. The molecule has 0 bridgehead atoms. The molecule has 1 aromatic carbocycles. The fourth-order valence-corrected chi connectivity index (χ4v) is 6.16. The maximum Gasteiger partial charge on any atom is 0.305 e. The summed E-state index contributed by atoms with van der Waals surface area (Å²) < 4.78 is 6.47. The Morgan fingerprint density at radius 3 is 2.77 bits per heavy atom. The lowest BCUT2D eigenvalue weighted by molar-refractivity contribution is -0.140. The van der Waals surface area contributed by atoms with Gasteiger partial charge in [0.1, 0.15) is 4.83 Å². The minimum absolute atomic E-state index is 0.0213. The van der Waals surface area contributed by atoms with Crippen LogP contribution < -0.4 is 5.56 Å². The molecule has 0 radical (unpaired) electrons. The SMILES string of the molecule is COC(=O)CCCCSc1nc2sc3c(c2c(=O)n1-c1ccc(C)cc1)CCN(C)C3. The molecule has 0 N–H and O–H groups in total. The molecule has 0 atom stereocenters. The van der Waals surface area contributed by atoms with E-state index in [0.29, 0.717) is 11.6 Å². The molecule has 1 aliphatic rings. The molecule has 2 aromatic heterocycles. The number of carbonyl (C=O) groups is 1. The topological polar surface area (TPSA) is 64.4 Å². The Morgan fingerprint density at radius 2 is 2.03 bits per heavy atom. The molecule has 8 heteroatoms. The molecule has 4 rings (SSSR count). The van der Waals surface area contributed by atoms with Gasteiger partial charge in [0.25, 0.3) is 5.56 Å². The summed E-state index contributed by atoms with van der Waals surface area (Å²) in [6, 6.07) is 8.01. The smallest absolute Gasteiger partial charge is 0.305 e. The van der Waals surface area contributed by atoms with Gasteiger partial charge in [0.15, 0.2) is 5.16 Å². The number of nitrogens with zero attached hydrogens (tertiary/aromatic N) is 3. The zero-order chi connectivity index (χ0) is 22.0. The van der Waals surface area contributed by atoms with Crippen molar-refractivity contribution >= 4 is 39.3 Å². The first kappa shape index (κ1) is 22.0. The van der Waals surface area contributed by atoms with Crippen LogP contribution in [-0.2, 0) is 22.5 Å². The summed E-state index contributed by atoms with van der Waals surface area (Å²) in [6.45, 7) is 3.87. The molecule has 0 fully saturated rings. The quantitative estimate of drug-likeness (QED) is 0.230. The third-order valence-electron chi connectivity index (χ3n) is 5.56. The second kappa shape index (κ2) is 9.54. The van der Waals surface area contributed by atoms with Crippen LogP contribution in [0.3, 0.4) is 0 Å². The van der Waals surface area contributed by atoms with E-state index in [1.165, 1.54) is 17.6 Å². The number of likely N-dealkylation sites (N-methyl/N-ethyl adjacent to an activating group) is 1. The molecule has 0 saturated heterocycles. The van der Waals surface area contributed by atoms with Gasteiger partial charge in [-0.3, -0.25) is 14.2 Å². The van der Waals surface area contributed by atoms with Crippen LogP contribution in [0.15, 0.2) is 34.2 Å². The van der Waals surface area contributed by atoms with Gasteiger partial charge >= 0.3 is 5.97 Å². The number of benzene rings is 1. The van der Waals surface area contributed by atoms with Gasteiger partial charge in [-0.1, -0.05) is 29.5 Å². The molecule has 164 valence electrons. The van der Waals surface area contributed by atoms with E-state index in [0.717, 1.165) is 59.6 Å². The number of hydrogen-bond acceptors (Lipinski definition) is 7. The number of hydrogen-bond donors (Lipinski definition) is 0. The molecule has 3 heterocycles. The number of rotatable bonds is 7. The minimum Gasteiger partial charge on any atom is -0.469 e. The van der Waals surface area contributed by atoms with Crippen molar-refractivity contribution in [1.29, 1.82) is 0 Å². The summed E-state index contributed by atoms with van der Waals surface area (Å²) in [7, 11) is 3.52. The lowest BCUT2D eigenvalue weighted by Gasteiger charge is -2.21. The Balaban J connectivity index is 1.71. The zero-order valence-corrected chi connectivity index (χ0v) is 19.8. The number of fused-ring (bicyclic) bond motifs is 3. The minimum atomic E-state index is -0.185. The standard InChI is InChI=1S/C23H27N3O3S2/c1-15-7-9-16(10-8-15)26-22(28)20-17-11-12-25(2)14-18(17)31-21(20)24-23(26)30-13-5-4-6-19(27)29-3/h7-10H,4-6,11-14H2,1-3H3. The van der Waals surface area contributed by atoms with Gasteiger partial charge in [0.05, 0.1) is 18.2 Å². The highest BCUT2D eigenvalue weighted by atomic mass is 32.2. The summed E-state index contributed by atoms with van der Waals surface area (Å²) >= 11 is 3.22. The van der Waals surface area contributed by atoms with Gasteiger partial charge < -0.3 is 9.64 Å². The largest absolute Gasteiger partial charge is 0.469 e. The first-order chi connectivity index (χ1) is 15.0. The molecule has 0 amide bonds. The Hall–Kier alpha value is -2.16. The predicted molar refractivity (Wildman–Crippen MR) is 127 cm³/mol. The fraction of sp³-hybridized carbons (Fsp3) is 0.435. The average molecular weight is 458 g/mol. The molecule has 31 heavy (non-hydrogen) atoms. The number of unbranched alkanes of at least 4 members (excludes halogenated alkanes) is 1. The maximum absolute atomic E-state index is 13.7. The summed E-state index contributed by atoms with van der Waals surface area (Å²) in [5.74, 6) is 0.601. The third kappa shape index (κ3) is 4.71. The van der Waals surface area contributed by atoms with E-state index >= 15 is 0 Å².